The third-order valence-electron chi connectivity index (χ3n) is 3.05. The van der Waals surface area contributed by atoms with Gasteiger partial charge in [0.25, 0.3) is 0 Å². The molecule has 0 spiro atoms. The molecule has 3 rings (SSSR count). The summed E-state index contributed by atoms with van der Waals surface area (Å²) in [5, 5.41) is 11.4. The molecule has 92 valence electrons. The Labute approximate surface area is 109 Å². The molecule has 0 aliphatic heterocycles. The van der Waals surface area contributed by atoms with E-state index < -0.39 is 0 Å². The van der Waals surface area contributed by atoms with Crippen molar-refractivity contribution in [2.45, 2.75) is 13.8 Å². The standard InChI is InChI=1S/C13H14N4S/c1-7-5-4-6-8(2)9(7)10-11-12(17-16-10)15-13(14-3)18-11/h4-6H,1-3H3,(H2,14,15,16,17). The van der Waals surface area contributed by atoms with Gasteiger partial charge in [0.1, 0.15) is 4.70 Å². The minimum atomic E-state index is 0.780. The van der Waals surface area contributed by atoms with Gasteiger partial charge >= 0.3 is 0 Å². The van der Waals surface area contributed by atoms with Crippen LogP contribution >= 0.6 is 11.3 Å². The zero-order chi connectivity index (χ0) is 12.7. The summed E-state index contributed by atoms with van der Waals surface area (Å²) in [5.41, 5.74) is 5.58. The highest BCUT2D eigenvalue weighted by Crippen LogP contribution is 2.35. The number of H-pyrrole nitrogens is 1. The predicted octanol–water partition coefficient (Wildman–Crippen LogP) is 3.34. The SMILES string of the molecule is CNc1nc2n[nH]c(-c3c(C)cccc3C)c2s1. The molecule has 2 aromatic heterocycles. The molecule has 18 heavy (non-hydrogen) atoms. The van der Waals surface area contributed by atoms with E-state index >= 15 is 0 Å². The van der Waals surface area contributed by atoms with Crippen LogP contribution in [-0.4, -0.2) is 22.2 Å². The van der Waals surface area contributed by atoms with Crippen LogP contribution in [0.4, 0.5) is 5.13 Å². The van der Waals surface area contributed by atoms with Crippen LogP contribution in [0.5, 0.6) is 0 Å². The van der Waals surface area contributed by atoms with Crippen molar-refractivity contribution in [2.75, 3.05) is 12.4 Å². The molecule has 0 aliphatic carbocycles. The average Bonchev–Trinajstić information content (AvgIpc) is 2.90. The van der Waals surface area contributed by atoms with E-state index in [4.69, 9.17) is 0 Å². The van der Waals surface area contributed by atoms with Crippen LogP contribution in [-0.2, 0) is 0 Å². The van der Waals surface area contributed by atoms with Gasteiger partial charge < -0.3 is 5.32 Å². The molecule has 1 aromatic carbocycles. The van der Waals surface area contributed by atoms with Crippen molar-refractivity contribution in [1.29, 1.82) is 0 Å². The van der Waals surface area contributed by atoms with E-state index in [-0.39, 0.29) is 0 Å². The summed E-state index contributed by atoms with van der Waals surface area (Å²) in [4.78, 5) is 4.40. The Balaban J connectivity index is 2.28. The molecule has 0 radical (unpaired) electrons. The second kappa shape index (κ2) is 4.10. The maximum atomic E-state index is 4.40. The molecule has 0 saturated carbocycles. The van der Waals surface area contributed by atoms with Crippen LogP contribution < -0.4 is 5.32 Å². The smallest absolute Gasteiger partial charge is 0.194 e. The third-order valence-corrected chi connectivity index (χ3v) is 4.13. The first kappa shape index (κ1) is 11.2. The summed E-state index contributed by atoms with van der Waals surface area (Å²) < 4.78 is 1.11. The highest BCUT2D eigenvalue weighted by molar-refractivity contribution is 7.22. The summed E-state index contributed by atoms with van der Waals surface area (Å²) in [5.74, 6) is 0. The first-order valence-electron chi connectivity index (χ1n) is 5.80. The first-order valence-corrected chi connectivity index (χ1v) is 6.61. The largest absolute Gasteiger partial charge is 0.365 e. The minimum Gasteiger partial charge on any atom is -0.365 e. The van der Waals surface area contributed by atoms with Gasteiger partial charge in [-0.05, 0) is 25.0 Å². The Bertz CT molecular complexity index is 691. The van der Waals surface area contributed by atoms with Gasteiger partial charge in [0, 0.05) is 12.6 Å². The maximum Gasteiger partial charge on any atom is 0.194 e. The monoisotopic (exact) mass is 258 g/mol. The number of aryl methyl sites for hydroxylation is 2. The Hall–Kier alpha value is -1.88. The first-order chi connectivity index (χ1) is 8.70. The number of fused-ring (bicyclic) bond motifs is 1. The van der Waals surface area contributed by atoms with Crippen molar-refractivity contribution in [2.24, 2.45) is 0 Å². The van der Waals surface area contributed by atoms with Gasteiger partial charge in [0.2, 0.25) is 0 Å². The molecule has 3 aromatic rings. The molecule has 2 N–H and O–H groups in total. The lowest BCUT2D eigenvalue weighted by molar-refractivity contribution is 1.10. The van der Waals surface area contributed by atoms with E-state index in [1.807, 2.05) is 7.05 Å². The number of hydrogen-bond acceptors (Lipinski definition) is 4. The van der Waals surface area contributed by atoms with E-state index in [9.17, 15) is 0 Å². The van der Waals surface area contributed by atoms with Crippen LogP contribution in [0.25, 0.3) is 21.6 Å². The Morgan fingerprint density at radius 1 is 1.22 bits per heavy atom. The van der Waals surface area contributed by atoms with E-state index in [1.165, 1.54) is 16.7 Å². The van der Waals surface area contributed by atoms with Crippen molar-refractivity contribution in [1.82, 2.24) is 15.2 Å². The Morgan fingerprint density at radius 2 is 1.94 bits per heavy atom. The molecule has 0 fully saturated rings. The number of benzene rings is 1. The molecule has 0 aliphatic rings. The zero-order valence-electron chi connectivity index (χ0n) is 10.5. The molecular formula is C13H14N4S. The van der Waals surface area contributed by atoms with Crippen molar-refractivity contribution >= 4 is 26.8 Å². The van der Waals surface area contributed by atoms with Crippen LogP contribution in [0.2, 0.25) is 0 Å². The lowest BCUT2D eigenvalue weighted by Crippen LogP contribution is -1.88. The number of anilines is 1. The number of nitrogens with zero attached hydrogens (tertiary/aromatic N) is 2. The molecule has 0 bridgehead atoms. The highest BCUT2D eigenvalue weighted by Gasteiger charge is 2.15. The molecular weight excluding hydrogens is 244 g/mol. The van der Waals surface area contributed by atoms with Crippen molar-refractivity contribution in [3.8, 4) is 11.3 Å². The van der Waals surface area contributed by atoms with Crippen LogP contribution in [0.1, 0.15) is 11.1 Å². The second-order valence-corrected chi connectivity index (χ2v) is 5.29. The number of nitrogens with one attached hydrogen (secondary N) is 2. The molecule has 5 heteroatoms. The summed E-state index contributed by atoms with van der Waals surface area (Å²) in [6, 6.07) is 6.32. The lowest BCUT2D eigenvalue weighted by atomic mass is 10.0. The van der Waals surface area contributed by atoms with E-state index in [0.29, 0.717) is 0 Å². The van der Waals surface area contributed by atoms with Crippen molar-refractivity contribution in [3.05, 3.63) is 29.3 Å². The van der Waals surface area contributed by atoms with Gasteiger partial charge in [-0.1, -0.05) is 29.5 Å². The summed E-state index contributed by atoms with van der Waals surface area (Å²) in [7, 11) is 1.88. The number of hydrogen-bond donors (Lipinski definition) is 2. The van der Waals surface area contributed by atoms with Crippen molar-refractivity contribution < 1.29 is 0 Å². The third kappa shape index (κ3) is 1.59. The fraction of sp³-hybridized carbons (Fsp3) is 0.231. The van der Waals surface area contributed by atoms with E-state index in [0.717, 1.165) is 21.2 Å². The van der Waals surface area contributed by atoms with Crippen molar-refractivity contribution in [3.63, 3.8) is 0 Å². The number of thiazole rings is 1. The van der Waals surface area contributed by atoms with Gasteiger partial charge in [-0.15, -0.1) is 0 Å². The summed E-state index contributed by atoms with van der Waals surface area (Å²) >= 11 is 1.63. The second-order valence-electron chi connectivity index (χ2n) is 4.29. The van der Waals surface area contributed by atoms with E-state index in [1.54, 1.807) is 11.3 Å². The van der Waals surface area contributed by atoms with Crippen LogP contribution in [0.15, 0.2) is 18.2 Å². The van der Waals surface area contributed by atoms with E-state index in [2.05, 4.69) is 52.5 Å². The molecule has 0 amide bonds. The minimum absolute atomic E-state index is 0.780. The fourth-order valence-corrected chi connectivity index (χ4v) is 3.06. The van der Waals surface area contributed by atoms with Crippen LogP contribution in [0.3, 0.4) is 0 Å². The fourth-order valence-electron chi connectivity index (χ4n) is 2.20. The topological polar surface area (TPSA) is 53.6 Å². The Kier molecular flexibility index (Phi) is 2.56. The normalized spacial score (nSPS) is 11.1. The lowest BCUT2D eigenvalue weighted by Gasteiger charge is -2.06. The van der Waals surface area contributed by atoms with Gasteiger partial charge in [0.15, 0.2) is 10.8 Å². The molecule has 4 nitrogen and oxygen atoms in total. The molecule has 0 unspecified atom stereocenters. The summed E-state index contributed by atoms with van der Waals surface area (Å²) in [6.07, 6.45) is 0. The predicted molar refractivity (Wildman–Crippen MR) is 76.2 cm³/mol. The highest BCUT2D eigenvalue weighted by atomic mass is 32.1. The average molecular weight is 258 g/mol. The van der Waals surface area contributed by atoms with Gasteiger partial charge in [0.05, 0.1) is 5.69 Å². The molecule has 2 heterocycles. The van der Waals surface area contributed by atoms with Crippen LogP contribution in [0, 0.1) is 13.8 Å². The summed E-state index contributed by atoms with van der Waals surface area (Å²) in [6.45, 7) is 4.24. The zero-order valence-corrected chi connectivity index (χ0v) is 11.4. The number of aromatic amines is 1. The number of aromatic nitrogens is 3. The van der Waals surface area contributed by atoms with Gasteiger partial charge in [-0.2, -0.15) is 10.1 Å². The number of rotatable bonds is 2. The van der Waals surface area contributed by atoms with Gasteiger partial charge in [-0.25, -0.2) is 0 Å². The quantitative estimate of drug-likeness (QED) is 0.741. The molecule has 0 atom stereocenters. The maximum absolute atomic E-state index is 4.40. The Morgan fingerprint density at radius 3 is 2.61 bits per heavy atom. The van der Waals surface area contributed by atoms with Gasteiger partial charge in [-0.3, -0.25) is 5.10 Å². The molecule has 0 saturated heterocycles.